The lowest BCUT2D eigenvalue weighted by molar-refractivity contribution is 0.0695. The van der Waals surface area contributed by atoms with Crippen molar-refractivity contribution < 1.29 is 4.79 Å². The summed E-state index contributed by atoms with van der Waals surface area (Å²) in [5.74, 6) is -0.00309. The van der Waals surface area contributed by atoms with Gasteiger partial charge in [0.1, 0.15) is 5.69 Å². The maximum atomic E-state index is 12.8. The Morgan fingerprint density at radius 2 is 2.00 bits per heavy atom. The lowest BCUT2D eigenvalue weighted by Gasteiger charge is -2.34. The summed E-state index contributed by atoms with van der Waals surface area (Å²) in [6, 6.07) is 11.9. The lowest BCUT2D eigenvalue weighted by atomic mass is 9.95. The van der Waals surface area contributed by atoms with E-state index < -0.39 is 0 Å². The molecule has 4 rings (SSSR count). The summed E-state index contributed by atoms with van der Waals surface area (Å²) in [7, 11) is 1.79. The fourth-order valence-electron chi connectivity index (χ4n) is 3.17. The lowest BCUT2D eigenvalue weighted by Crippen LogP contribution is -2.41. The highest BCUT2D eigenvalue weighted by Crippen LogP contribution is 2.29. The number of rotatable bonds is 2. The molecule has 23 heavy (non-hydrogen) atoms. The molecule has 3 aromatic rings. The van der Waals surface area contributed by atoms with Crippen LogP contribution >= 0.6 is 0 Å². The van der Waals surface area contributed by atoms with E-state index in [1.807, 2.05) is 34.0 Å². The van der Waals surface area contributed by atoms with Crippen molar-refractivity contribution in [3.8, 4) is 0 Å². The fourth-order valence-corrected chi connectivity index (χ4v) is 3.17. The van der Waals surface area contributed by atoms with Crippen LogP contribution in [0.1, 0.15) is 27.7 Å². The van der Waals surface area contributed by atoms with Crippen LogP contribution in [0.15, 0.2) is 55.0 Å². The van der Waals surface area contributed by atoms with E-state index in [1.54, 1.807) is 30.2 Å². The van der Waals surface area contributed by atoms with Gasteiger partial charge in [0.05, 0.1) is 6.04 Å². The van der Waals surface area contributed by atoms with Gasteiger partial charge in [0.2, 0.25) is 0 Å². The molecule has 0 saturated carbocycles. The van der Waals surface area contributed by atoms with Gasteiger partial charge in [0.15, 0.2) is 0 Å². The van der Waals surface area contributed by atoms with Crippen LogP contribution in [-0.4, -0.2) is 36.9 Å². The Kier molecular flexibility index (Phi) is 3.22. The van der Waals surface area contributed by atoms with E-state index in [2.05, 4.69) is 22.3 Å². The van der Waals surface area contributed by atoms with E-state index in [0.29, 0.717) is 18.8 Å². The number of nitrogens with zero attached hydrogens (tertiary/aromatic N) is 5. The molecule has 1 aliphatic rings. The second-order valence-corrected chi connectivity index (χ2v) is 5.73. The number of fused-ring (bicyclic) bond motifs is 1. The minimum absolute atomic E-state index is 0.00309. The Bertz CT molecular complexity index is 836. The number of aromatic nitrogens is 4. The molecule has 0 N–H and O–H groups in total. The van der Waals surface area contributed by atoms with Crippen LogP contribution < -0.4 is 0 Å². The highest BCUT2D eigenvalue weighted by Gasteiger charge is 2.30. The van der Waals surface area contributed by atoms with Crippen molar-refractivity contribution in [2.24, 2.45) is 7.05 Å². The van der Waals surface area contributed by atoms with Crippen LogP contribution in [-0.2, 0) is 13.6 Å². The molecule has 1 amide bonds. The van der Waals surface area contributed by atoms with Crippen LogP contribution in [0.2, 0.25) is 0 Å². The van der Waals surface area contributed by atoms with Crippen LogP contribution in [0.4, 0.5) is 0 Å². The van der Waals surface area contributed by atoms with Gasteiger partial charge in [-0.15, -0.1) is 0 Å². The molecule has 0 spiro atoms. The molecule has 116 valence electrons. The topological polar surface area (TPSA) is 56.0 Å². The van der Waals surface area contributed by atoms with E-state index in [1.165, 1.54) is 5.56 Å². The third-order valence-corrected chi connectivity index (χ3v) is 4.34. The number of carbonyl (C=O) groups excluding carboxylic acids is 1. The SMILES string of the molecule is Cn1nccc1C(=O)N1Cc2ccccc2C(n2cccn2)C1. The Balaban J connectivity index is 1.72. The Labute approximate surface area is 134 Å². The zero-order valence-electron chi connectivity index (χ0n) is 12.8. The number of benzene rings is 1. The van der Waals surface area contributed by atoms with Gasteiger partial charge in [-0.1, -0.05) is 24.3 Å². The molecule has 1 aliphatic heterocycles. The summed E-state index contributed by atoms with van der Waals surface area (Å²) in [5, 5.41) is 8.47. The van der Waals surface area contributed by atoms with Gasteiger partial charge in [-0.25, -0.2) is 0 Å². The van der Waals surface area contributed by atoms with E-state index in [-0.39, 0.29) is 11.9 Å². The van der Waals surface area contributed by atoms with E-state index >= 15 is 0 Å². The Hall–Kier alpha value is -2.89. The molecule has 0 aliphatic carbocycles. The van der Waals surface area contributed by atoms with Crippen LogP contribution in [0.3, 0.4) is 0 Å². The molecule has 0 radical (unpaired) electrons. The molecule has 6 nitrogen and oxygen atoms in total. The highest BCUT2D eigenvalue weighted by atomic mass is 16.2. The molecule has 0 bridgehead atoms. The summed E-state index contributed by atoms with van der Waals surface area (Å²) >= 11 is 0. The molecule has 6 heteroatoms. The van der Waals surface area contributed by atoms with Crippen molar-refractivity contribution in [2.75, 3.05) is 6.54 Å². The average molecular weight is 307 g/mol. The van der Waals surface area contributed by atoms with E-state index in [4.69, 9.17) is 0 Å². The van der Waals surface area contributed by atoms with Crippen LogP contribution in [0, 0.1) is 0 Å². The van der Waals surface area contributed by atoms with Crippen molar-refractivity contribution in [3.05, 3.63) is 71.8 Å². The predicted octanol–water partition coefficient (Wildman–Crippen LogP) is 1.86. The largest absolute Gasteiger partial charge is 0.330 e. The number of hydrogen-bond acceptors (Lipinski definition) is 3. The minimum Gasteiger partial charge on any atom is -0.330 e. The normalized spacial score (nSPS) is 17.1. The van der Waals surface area contributed by atoms with Gasteiger partial charge in [-0.05, 0) is 23.3 Å². The standard InChI is InChI=1S/C17H17N5O/c1-20-15(7-9-18-20)17(23)21-11-13-5-2-3-6-14(13)16(12-21)22-10-4-8-19-22/h2-10,16H,11-12H2,1H3. The number of aryl methyl sites for hydroxylation is 1. The third kappa shape index (κ3) is 2.32. The first-order valence-corrected chi connectivity index (χ1v) is 7.58. The second-order valence-electron chi connectivity index (χ2n) is 5.73. The first-order chi connectivity index (χ1) is 11.2. The molecule has 3 heterocycles. The maximum absolute atomic E-state index is 12.8. The van der Waals surface area contributed by atoms with Gasteiger partial charge in [-0.3, -0.25) is 14.2 Å². The summed E-state index contributed by atoms with van der Waals surface area (Å²) in [5.41, 5.74) is 2.99. The monoisotopic (exact) mass is 307 g/mol. The van der Waals surface area contributed by atoms with Gasteiger partial charge >= 0.3 is 0 Å². The number of hydrogen-bond donors (Lipinski definition) is 0. The zero-order chi connectivity index (χ0) is 15.8. The summed E-state index contributed by atoms with van der Waals surface area (Å²) in [6.07, 6.45) is 5.36. The van der Waals surface area contributed by atoms with Crippen molar-refractivity contribution in [3.63, 3.8) is 0 Å². The smallest absolute Gasteiger partial charge is 0.272 e. The molecule has 1 aromatic carbocycles. The predicted molar refractivity (Wildman–Crippen MR) is 84.8 cm³/mol. The van der Waals surface area contributed by atoms with Gasteiger partial charge in [-0.2, -0.15) is 10.2 Å². The molecular weight excluding hydrogens is 290 g/mol. The third-order valence-electron chi connectivity index (χ3n) is 4.34. The molecule has 1 atom stereocenters. The summed E-state index contributed by atoms with van der Waals surface area (Å²) < 4.78 is 3.53. The van der Waals surface area contributed by atoms with E-state index in [9.17, 15) is 4.79 Å². The van der Waals surface area contributed by atoms with Crippen molar-refractivity contribution in [2.45, 2.75) is 12.6 Å². The molecular formula is C17H17N5O. The summed E-state index contributed by atoms with van der Waals surface area (Å²) in [6.45, 7) is 1.21. The zero-order valence-corrected chi connectivity index (χ0v) is 12.8. The molecule has 0 saturated heterocycles. The quantitative estimate of drug-likeness (QED) is 0.726. The van der Waals surface area contributed by atoms with Gasteiger partial charge in [0, 0.05) is 38.7 Å². The maximum Gasteiger partial charge on any atom is 0.272 e. The first-order valence-electron chi connectivity index (χ1n) is 7.58. The summed E-state index contributed by atoms with van der Waals surface area (Å²) in [4.78, 5) is 14.7. The van der Waals surface area contributed by atoms with Gasteiger partial charge in [0.25, 0.3) is 5.91 Å². The van der Waals surface area contributed by atoms with E-state index in [0.717, 1.165) is 5.56 Å². The van der Waals surface area contributed by atoms with Crippen molar-refractivity contribution >= 4 is 5.91 Å². The molecule has 1 unspecified atom stereocenters. The second kappa shape index (κ2) is 5.39. The Morgan fingerprint density at radius 3 is 2.74 bits per heavy atom. The van der Waals surface area contributed by atoms with Gasteiger partial charge < -0.3 is 4.90 Å². The van der Waals surface area contributed by atoms with Crippen LogP contribution in [0.5, 0.6) is 0 Å². The first kappa shape index (κ1) is 13.8. The van der Waals surface area contributed by atoms with Crippen molar-refractivity contribution in [1.29, 1.82) is 0 Å². The minimum atomic E-state index is -0.00309. The Morgan fingerprint density at radius 1 is 1.13 bits per heavy atom. The molecule has 2 aromatic heterocycles. The number of amides is 1. The average Bonchev–Trinajstić information content (AvgIpc) is 3.24. The van der Waals surface area contributed by atoms with Crippen LogP contribution in [0.25, 0.3) is 0 Å². The van der Waals surface area contributed by atoms with Crippen molar-refractivity contribution in [1.82, 2.24) is 24.5 Å². The fraction of sp³-hybridized carbons (Fsp3) is 0.235. The number of carbonyl (C=O) groups is 1. The highest BCUT2D eigenvalue weighted by molar-refractivity contribution is 5.92. The molecule has 0 fully saturated rings.